The Morgan fingerprint density at radius 3 is 3.05 bits per heavy atom. The fourth-order valence-corrected chi connectivity index (χ4v) is 2.82. The molecule has 0 bridgehead atoms. The number of benzene rings is 1. The van der Waals surface area contributed by atoms with Crippen molar-refractivity contribution < 1.29 is 9.53 Å². The summed E-state index contributed by atoms with van der Waals surface area (Å²) in [7, 11) is 1.45. The molecule has 0 aliphatic carbocycles. The van der Waals surface area contributed by atoms with E-state index in [-0.39, 0.29) is 12.0 Å². The summed E-state index contributed by atoms with van der Waals surface area (Å²) in [6, 6.07) is 12.1. The van der Waals surface area contributed by atoms with Gasteiger partial charge in [0.05, 0.1) is 18.3 Å². The topological polar surface area (TPSA) is 42.4 Å². The monoisotopic (exact) mass is 270 g/mol. The molecule has 1 aromatic carbocycles. The van der Waals surface area contributed by atoms with E-state index in [1.165, 1.54) is 7.11 Å². The SMILES string of the molecule is COC(=O)[C@@H]1CCCN1Cc1ccc2ccccc2n1. The summed E-state index contributed by atoms with van der Waals surface area (Å²) in [6.07, 6.45) is 1.91. The number of esters is 1. The Morgan fingerprint density at radius 1 is 1.35 bits per heavy atom. The highest BCUT2D eigenvalue weighted by molar-refractivity contribution is 5.78. The molecule has 1 saturated heterocycles. The summed E-state index contributed by atoms with van der Waals surface area (Å²) in [6.45, 7) is 1.62. The lowest BCUT2D eigenvalue weighted by atomic mass is 10.2. The molecule has 1 fully saturated rings. The molecule has 20 heavy (non-hydrogen) atoms. The second-order valence-electron chi connectivity index (χ2n) is 5.15. The molecule has 4 nitrogen and oxygen atoms in total. The largest absolute Gasteiger partial charge is 0.468 e. The Bertz CT molecular complexity index is 627. The smallest absolute Gasteiger partial charge is 0.323 e. The zero-order chi connectivity index (χ0) is 13.9. The second kappa shape index (κ2) is 5.59. The molecular weight excluding hydrogens is 252 g/mol. The number of ether oxygens (including phenoxy) is 1. The standard InChI is InChI=1S/C16H18N2O2/c1-20-16(19)15-7-4-10-18(15)11-13-9-8-12-5-2-3-6-14(12)17-13/h2-3,5-6,8-9,15H,4,7,10-11H2,1H3/t15-/m0/s1. The third kappa shape index (κ3) is 2.51. The van der Waals surface area contributed by atoms with Crippen molar-refractivity contribution in [1.29, 1.82) is 0 Å². The van der Waals surface area contributed by atoms with Crippen molar-refractivity contribution in [3.05, 3.63) is 42.1 Å². The Balaban J connectivity index is 1.80. The Labute approximate surface area is 118 Å². The van der Waals surface area contributed by atoms with Crippen molar-refractivity contribution >= 4 is 16.9 Å². The molecule has 0 N–H and O–H groups in total. The first-order chi connectivity index (χ1) is 9.78. The maximum absolute atomic E-state index is 11.7. The molecule has 3 rings (SSSR count). The van der Waals surface area contributed by atoms with Crippen molar-refractivity contribution in [2.24, 2.45) is 0 Å². The van der Waals surface area contributed by atoms with Crippen molar-refractivity contribution in [3.8, 4) is 0 Å². The zero-order valence-corrected chi connectivity index (χ0v) is 11.6. The van der Waals surface area contributed by atoms with Crippen LogP contribution in [0.25, 0.3) is 10.9 Å². The highest BCUT2D eigenvalue weighted by Gasteiger charge is 2.31. The third-order valence-electron chi connectivity index (χ3n) is 3.86. The first kappa shape index (κ1) is 13.1. The molecule has 0 unspecified atom stereocenters. The molecule has 1 aliphatic rings. The summed E-state index contributed by atoms with van der Waals surface area (Å²) in [4.78, 5) is 18.6. The van der Waals surface area contributed by atoms with Gasteiger partial charge in [0.2, 0.25) is 0 Å². The first-order valence-corrected chi connectivity index (χ1v) is 6.94. The van der Waals surface area contributed by atoms with Crippen LogP contribution in [0.15, 0.2) is 36.4 Å². The predicted octanol–water partition coefficient (Wildman–Crippen LogP) is 2.37. The van der Waals surface area contributed by atoms with Crippen molar-refractivity contribution in [3.63, 3.8) is 0 Å². The number of aromatic nitrogens is 1. The summed E-state index contributed by atoms with van der Waals surface area (Å²) in [5.41, 5.74) is 2.00. The van der Waals surface area contributed by atoms with Gasteiger partial charge in [-0.05, 0) is 31.5 Å². The third-order valence-corrected chi connectivity index (χ3v) is 3.86. The summed E-state index contributed by atoms with van der Waals surface area (Å²) in [5, 5.41) is 1.14. The molecule has 2 aromatic rings. The molecule has 1 aromatic heterocycles. The van der Waals surface area contributed by atoms with Crippen molar-refractivity contribution in [2.45, 2.75) is 25.4 Å². The number of carbonyl (C=O) groups excluding carboxylic acids is 1. The van der Waals surface area contributed by atoms with Crippen LogP contribution < -0.4 is 0 Å². The van der Waals surface area contributed by atoms with Crippen LogP contribution in [0.5, 0.6) is 0 Å². The molecule has 0 amide bonds. The number of likely N-dealkylation sites (tertiary alicyclic amines) is 1. The van der Waals surface area contributed by atoms with Crippen molar-refractivity contribution in [1.82, 2.24) is 9.88 Å². The molecule has 2 heterocycles. The van der Waals surface area contributed by atoms with Gasteiger partial charge < -0.3 is 4.74 Å². The highest BCUT2D eigenvalue weighted by Crippen LogP contribution is 2.21. The van der Waals surface area contributed by atoms with E-state index in [1.54, 1.807) is 0 Å². The van der Waals surface area contributed by atoms with E-state index in [0.29, 0.717) is 6.54 Å². The van der Waals surface area contributed by atoms with Gasteiger partial charge in [0, 0.05) is 11.9 Å². The maximum Gasteiger partial charge on any atom is 0.323 e. The van der Waals surface area contributed by atoms with Crippen molar-refractivity contribution in [2.75, 3.05) is 13.7 Å². The van der Waals surface area contributed by atoms with Gasteiger partial charge in [-0.1, -0.05) is 24.3 Å². The number of para-hydroxylation sites is 1. The summed E-state index contributed by atoms with van der Waals surface area (Å²) >= 11 is 0. The van der Waals surface area contributed by atoms with E-state index in [2.05, 4.69) is 22.0 Å². The van der Waals surface area contributed by atoms with Gasteiger partial charge >= 0.3 is 5.97 Å². The number of pyridine rings is 1. The zero-order valence-electron chi connectivity index (χ0n) is 11.6. The molecule has 0 spiro atoms. The van der Waals surface area contributed by atoms with Gasteiger partial charge in [-0.15, -0.1) is 0 Å². The number of hydrogen-bond donors (Lipinski definition) is 0. The average Bonchev–Trinajstić information content (AvgIpc) is 2.94. The molecule has 0 saturated carbocycles. The van der Waals surface area contributed by atoms with Gasteiger partial charge in [0.1, 0.15) is 6.04 Å². The minimum Gasteiger partial charge on any atom is -0.468 e. The van der Waals surface area contributed by atoms with Crippen LogP contribution in [0.4, 0.5) is 0 Å². The number of fused-ring (bicyclic) bond motifs is 1. The molecule has 4 heteroatoms. The van der Waals surface area contributed by atoms with Gasteiger partial charge in [-0.3, -0.25) is 14.7 Å². The number of rotatable bonds is 3. The van der Waals surface area contributed by atoms with Gasteiger partial charge in [-0.25, -0.2) is 0 Å². The molecule has 1 atom stereocenters. The number of nitrogens with zero attached hydrogens (tertiary/aromatic N) is 2. The van der Waals surface area contributed by atoms with E-state index in [0.717, 1.165) is 36.0 Å². The fraction of sp³-hybridized carbons (Fsp3) is 0.375. The van der Waals surface area contributed by atoms with Gasteiger partial charge in [0.25, 0.3) is 0 Å². The normalized spacial score (nSPS) is 19.4. The second-order valence-corrected chi connectivity index (χ2v) is 5.15. The van der Waals surface area contributed by atoms with E-state index in [4.69, 9.17) is 4.74 Å². The van der Waals surface area contributed by atoms with E-state index in [9.17, 15) is 4.79 Å². The average molecular weight is 270 g/mol. The lowest BCUT2D eigenvalue weighted by Crippen LogP contribution is -2.36. The molecular formula is C16H18N2O2. The van der Waals surface area contributed by atoms with Crippen LogP contribution in [0.2, 0.25) is 0 Å². The van der Waals surface area contributed by atoms with E-state index >= 15 is 0 Å². The van der Waals surface area contributed by atoms with Crippen LogP contribution >= 0.6 is 0 Å². The Hall–Kier alpha value is -1.94. The number of carbonyl (C=O) groups is 1. The summed E-state index contributed by atoms with van der Waals surface area (Å²) in [5.74, 6) is -0.136. The van der Waals surface area contributed by atoms with E-state index < -0.39 is 0 Å². The molecule has 1 aliphatic heterocycles. The Morgan fingerprint density at radius 2 is 2.20 bits per heavy atom. The molecule has 104 valence electrons. The predicted molar refractivity (Wildman–Crippen MR) is 77.2 cm³/mol. The minimum atomic E-state index is -0.136. The van der Waals surface area contributed by atoms with Gasteiger partial charge in [-0.2, -0.15) is 0 Å². The number of hydrogen-bond acceptors (Lipinski definition) is 4. The lowest BCUT2D eigenvalue weighted by molar-refractivity contribution is -0.146. The van der Waals surface area contributed by atoms with Crippen LogP contribution in [0.3, 0.4) is 0 Å². The molecule has 0 radical (unpaired) electrons. The highest BCUT2D eigenvalue weighted by atomic mass is 16.5. The van der Waals surface area contributed by atoms with Crippen LogP contribution in [-0.2, 0) is 16.1 Å². The Kier molecular flexibility index (Phi) is 3.65. The minimum absolute atomic E-state index is 0.117. The van der Waals surface area contributed by atoms with E-state index in [1.807, 2.05) is 24.3 Å². The lowest BCUT2D eigenvalue weighted by Gasteiger charge is -2.21. The van der Waals surface area contributed by atoms with Crippen LogP contribution in [0, 0.1) is 0 Å². The van der Waals surface area contributed by atoms with Crippen LogP contribution in [0.1, 0.15) is 18.5 Å². The fourth-order valence-electron chi connectivity index (χ4n) is 2.82. The summed E-state index contributed by atoms with van der Waals surface area (Å²) < 4.78 is 4.87. The number of methoxy groups -OCH3 is 1. The first-order valence-electron chi connectivity index (χ1n) is 6.94. The van der Waals surface area contributed by atoms with Gasteiger partial charge in [0.15, 0.2) is 0 Å². The maximum atomic E-state index is 11.7. The van der Waals surface area contributed by atoms with Crippen LogP contribution in [-0.4, -0.2) is 35.5 Å². The quantitative estimate of drug-likeness (QED) is 0.803.